The first-order valence-corrected chi connectivity index (χ1v) is 11.8. The molecule has 2 N–H and O–H groups in total. The largest absolute Gasteiger partial charge is 0.379 e. The molecule has 2 rings (SSSR count). The van der Waals surface area contributed by atoms with Gasteiger partial charge in [-0.3, -0.25) is 4.79 Å². The highest BCUT2D eigenvalue weighted by Gasteiger charge is 2.24. The molecule has 0 atom stereocenters. The minimum absolute atomic E-state index is 0.0458. The van der Waals surface area contributed by atoms with Gasteiger partial charge >= 0.3 is 0 Å². The number of halogens is 1. The number of benzene rings is 1. The van der Waals surface area contributed by atoms with Crippen LogP contribution in [0.5, 0.6) is 0 Å². The summed E-state index contributed by atoms with van der Waals surface area (Å²) in [4.78, 5) is 11.7. The van der Waals surface area contributed by atoms with Crippen LogP contribution < -0.4 is 10.0 Å². The molecule has 27 heavy (non-hydrogen) atoms. The zero-order valence-corrected chi connectivity index (χ0v) is 16.9. The van der Waals surface area contributed by atoms with Crippen molar-refractivity contribution in [1.82, 2.24) is 14.3 Å². The molecule has 0 unspecified atom stereocenters. The average molecular weight is 440 g/mol. The van der Waals surface area contributed by atoms with Crippen LogP contribution in [0.25, 0.3) is 0 Å². The summed E-state index contributed by atoms with van der Waals surface area (Å²) in [5.74, 6) is -0.668. The van der Waals surface area contributed by atoms with Gasteiger partial charge in [0.1, 0.15) is 4.90 Å². The van der Waals surface area contributed by atoms with Crippen molar-refractivity contribution in [2.45, 2.75) is 11.3 Å². The molecule has 0 saturated carbocycles. The highest BCUT2D eigenvalue weighted by atomic mass is 35.5. The summed E-state index contributed by atoms with van der Waals surface area (Å²) in [5, 5.41) is 2.56. The van der Waals surface area contributed by atoms with E-state index in [2.05, 4.69) is 10.0 Å². The Hall–Kier alpha value is -1.24. The fourth-order valence-corrected chi connectivity index (χ4v) is 5.27. The van der Waals surface area contributed by atoms with E-state index in [4.69, 9.17) is 16.3 Å². The summed E-state index contributed by atoms with van der Waals surface area (Å²) in [6, 6.07) is 5.97. The van der Waals surface area contributed by atoms with E-state index in [0.29, 0.717) is 26.3 Å². The Balaban J connectivity index is 1.73. The predicted octanol–water partition coefficient (Wildman–Crippen LogP) is -0.213. The topological polar surface area (TPSA) is 122 Å². The molecule has 152 valence electrons. The maximum absolute atomic E-state index is 12.1. The van der Waals surface area contributed by atoms with E-state index in [1.165, 1.54) is 16.4 Å². The van der Waals surface area contributed by atoms with Crippen LogP contribution >= 0.6 is 11.6 Å². The van der Waals surface area contributed by atoms with Crippen LogP contribution in [-0.4, -0.2) is 72.2 Å². The van der Waals surface area contributed by atoms with Gasteiger partial charge in [0, 0.05) is 32.6 Å². The number of sulfonamides is 2. The van der Waals surface area contributed by atoms with Gasteiger partial charge in [0.15, 0.2) is 0 Å². The minimum atomic E-state index is -3.82. The van der Waals surface area contributed by atoms with Crippen molar-refractivity contribution in [3.05, 3.63) is 29.3 Å². The Morgan fingerprint density at radius 2 is 1.78 bits per heavy atom. The third-order valence-corrected chi connectivity index (χ3v) is 7.65. The van der Waals surface area contributed by atoms with Gasteiger partial charge in [-0.15, -0.1) is 0 Å². The fourth-order valence-electron chi connectivity index (χ4n) is 2.40. The fraction of sp³-hybridized carbons (Fsp3) is 0.533. The van der Waals surface area contributed by atoms with Crippen molar-refractivity contribution in [3.63, 3.8) is 0 Å². The highest BCUT2D eigenvalue weighted by molar-refractivity contribution is 7.89. The van der Waals surface area contributed by atoms with Crippen LogP contribution in [0, 0.1) is 0 Å². The second-order valence-electron chi connectivity index (χ2n) is 5.76. The number of rotatable bonds is 9. The number of carbonyl (C=O) groups is 1. The monoisotopic (exact) mass is 439 g/mol. The molecule has 0 spiro atoms. The first kappa shape index (κ1) is 22.1. The van der Waals surface area contributed by atoms with E-state index >= 15 is 0 Å². The molecule has 1 amide bonds. The molecule has 1 heterocycles. The van der Waals surface area contributed by atoms with Crippen molar-refractivity contribution >= 4 is 37.6 Å². The predicted molar refractivity (Wildman–Crippen MR) is 100 cm³/mol. The van der Waals surface area contributed by atoms with E-state index in [9.17, 15) is 21.6 Å². The molecule has 1 aromatic carbocycles. The van der Waals surface area contributed by atoms with E-state index in [1.807, 2.05) is 0 Å². The number of carbonyl (C=O) groups excluding carboxylic acids is 1. The number of nitrogens with one attached hydrogen (secondary N) is 2. The van der Waals surface area contributed by atoms with Gasteiger partial charge in [-0.1, -0.05) is 23.7 Å². The maximum atomic E-state index is 12.1. The Bertz CT molecular complexity index is 854. The van der Waals surface area contributed by atoms with E-state index in [1.54, 1.807) is 12.1 Å². The number of amides is 1. The Morgan fingerprint density at radius 1 is 1.11 bits per heavy atom. The molecule has 9 nitrogen and oxygen atoms in total. The Kier molecular flexibility index (Phi) is 8.01. The van der Waals surface area contributed by atoms with E-state index in [-0.39, 0.29) is 35.2 Å². The summed E-state index contributed by atoms with van der Waals surface area (Å²) in [6.45, 7) is 1.15. The lowest BCUT2D eigenvalue weighted by atomic mass is 10.4. The third kappa shape index (κ3) is 6.70. The summed E-state index contributed by atoms with van der Waals surface area (Å²) in [5.41, 5.74) is 0. The van der Waals surface area contributed by atoms with Gasteiger partial charge in [-0.2, -0.15) is 4.31 Å². The summed E-state index contributed by atoms with van der Waals surface area (Å²) in [7, 11) is -7.27. The lowest BCUT2D eigenvalue weighted by molar-refractivity contribution is -0.120. The maximum Gasteiger partial charge on any atom is 0.242 e. The Morgan fingerprint density at radius 3 is 2.44 bits per heavy atom. The number of morpholine rings is 1. The zero-order valence-electron chi connectivity index (χ0n) is 14.6. The molecule has 0 aromatic heterocycles. The van der Waals surface area contributed by atoms with Gasteiger partial charge in [0.05, 0.1) is 24.0 Å². The van der Waals surface area contributed by atoms with Gasteiger partial charge < -0.3 is 10.1 Å². The second kappa shape index (κ2) is 9.80. The molecule has 1 aliphatic heterocycles. The average Bonchev–Trinajstić information content (AvgIpc) is 2.62. The molecular weight excluding hydrogens is 418 g/mol. The first-order chi connectivity index (χ1) is 12.7. The molecule has 0 radical (unpaired) electrons. The quantitative estimate of drug-likeness (QED) is 0.549. The number of hydrogen-bond acceptors (Lipinski definition) is 6. The van der Waals surface area contributed by atoms with Gasteiger partial charge in [0.25, 0.3) is 0 Å². The SMILES string of the molecule is O=C(CCNS(=O)(=O)c1ccccc1Cl)NCCS(=O)(=O)N1CCOCC1. The van der Waals surface area contributed by atoms with Gasteiger partial charge in [-0.05, 0) is 12.1 Å². The van der Waals surface area contributed by atoms with Crippen LogP contribution in [0.1, 0.15) is 6.42 Å². The zero-order chi connectivity index (χ0) is 19.9. The minimum Gasteiger partial charge on any atom is -0.379 e. The van der Waals surface area contributed by atoms with Crippen LogP contribution in [0.3, 0.4) is 0 Å². The number of nitrogens with zero attached hydrogens (tertiary/aromatic N) is 1. The van der Waals surface area contributed by atoms with E-state index < -0.39 is 26.0 Å². The van der Waals surface area contributed by atoms with Gasteiger partial charge in [0.2, 0.25) is 26.0 Å². The summed E-state index contributed by atoms with van der Waals surface area (Å²) >= 11 is 5.86. The lowest BCUT2D eigenvalue weighted by Gasteiger charge is -2.26. The van der Waals surface area contributed by atoms with Crippen molar-refractivity contribution in [2.24, 2.45) is 0 Å². The number of hydrogen-bond donors (Lipinski definition) is 2. The van der Waals surface area contributed by atoms with Crippen molar-refractivity contribution in [2.75, 3.05) is 45.1 Å². The lowest BCUT2D eigenvalue weighted by Crippen LogP contribution is -2.44. The molecule has 1 aliphatic rings. The third-order valence-electron chi connectivity index (χ3n) is 3.82. The number of ether oxygens (including phenoxy) is 1. The van der Waals surface area contributed by atoms with E-state index in [0.717, 1.165) is 0 Å². The first-order valence-electron chi connectivity index (χ1n) is 8.29. The standard InChI is InChI=1S/C15H22ClN3O6S2/c16-13-3-1-2-4-14(13)27(23,24)18-6-5-15(20)17-7-12-26(21,22)19-8-10-25-11-9-19/h1-4,18H,5-12H2,(H,17,20). The summed E-state index contributed by atoms with van der Waals surface area (Å²) < 4.78 is 57.2. The van der Waals surface area contributed by atoms with Crippen molar-refractivity contribution < 1.29 is 26.4 Å². The highest BCUT2D eigenvalue weighted by Crippen LogP contribution is 2.19. The molecule has 0 bridgehead atoms. The summed E-state index contributed by atoms with van der Waals surface area (Å²) in [6.07, 6.45) is -0.124. The van der Waals surface area contributed by atoms with Crippen LogP contribution in [0.2, 0.25) is 5.02 Å². The van der Waals surface area contributed by atoms with Crippen LogP contribution in [-0.2, 0) is 29.6 Å². The van der Waals surface area contributed by atoms with Crippen LogP contribution in [0.4, 0.5) is 0 Å². The van der Waals surface area contributed by atoms with Crippen molar-refractivity contribution in [1.29, 1.82) is 0 Å². The van der Waals surface area contributed by atoms with Crippen LogP contribution in [0.15, 0.2) is 29.2 Å². The normalized spacial score (nSPS) is 16.2. The molecular formula is C15H22ClN3O6S2. The molecule has 12 heteroatoms. The molecule has 0 aliphatic carbocycles. The molecule has 1 fully saturated rings. The smallest absolute Gasteiger partial charge is 0.242 e. The van der Waals surface area contributed by atoms with Gasteiger partial charge in [-0.25, -0.2) is 21.6 Å². The molecule has 1 saturated heterocycles. The molecule has 1 aromatic rings. The van der Waals surface area contributed by atoms with Crippen molar-refractivity contribution in [3.8, 4) is 0 Å². The second-order valence-corrected chi connectivity index (χ2v) is 9.99. The Labute approximate surface area is 164 Å².